The molecule has 0 atom stereocenters. The first-order chi connectivity index (χ1) is 13.5. The van der Waals surface area contributed by atoms with E-state index in [9.17, 15) is 4.79 Å². The Hall–Kier alpha value is -2.35. The van der Waals surface area contributed by atoms with Gasteiger partial charge in [-0.25, -0.2) is 15.4 Å². The molecule has 0 saturated heterocycles. The average Bonchev–Trinajstić information content (AvgIpc) is 2.97. The minimum atomic E-state index is -0.230. The Morgan fingerprint density at radius 1 is 1.21 bits per heavy atom. The Labute approximate surface area is 177 Å². The number of nitrogens with zero attached hydrogens (tertiary/aromatic N) is 4. The number of nitrogens with one attached hydrogen (secondary N) is 1. The van der Waals surface area contributed by atoms with Gasteiger partial charge >= 0.3 is 0 Å². The number of amides is 1. The molecule has 0 saturated carbocycles. The van der Waals surface area contributed by atoms with E-state index in [2.05, 4.69) is 20.5 Å². The number of aromatic nitrogens is 3. The van der Waals surface area contributed by atoms with Gasteiger partial charge in [-0.2, -0.15) is 5.10 Å². The molecule has 0 aliphatic carbocycles. The third-order valence-corrected chi connectivity index (χ3v) is 5.51. The van der Waals surface area contributed by atoms with Crippen LogP contribution in [0.4, 0.5) is 0 Å². The van der Waals surface area contributed by atoms with Gasteiger partial charge in [0.1, 0.15) is 0 Å². The summed E-state index contributed by atoms with van der Waals surface area (Å²) in [5, 5.41) is 5.61. The van der Waals surface area contributed by atoms with Gasteiger partial charge < -0.3 is 4.57 Å². The molecule has 0 fully saturated rings. The van der Waals surface area contributed by atoms with Crippen LogP contribution in [-0.2, 0) is 4.79 Å². The van der Waals surface area contributed by atoms with Gasteiger partial charge in [0.15, 0.2) is 5.16 Å². The van der Waals surface area contributed by atoms with Crippen LogP contribution in [-0.4, -0.2) is 32.4 Å². The summed E-state index contributed by atoms with van der Waals surface area (Å²) in [5.74, 6) is -0.0455. The third kappa shape index (κ3) is 4.92. The summed E-state index contributed by atoms with van der Waals surface area (Å²) in [5.41, 5.74) is 6.31. The first-order valence-electron chi connectivity index (χ1n) is 8.32. The van der Waals surface area contributed by atoms with Gasteiger partial charge in [0.2, 0.25) is 0 Å². The van der Waals surface area contributed by atoms with Crippen molar-refractivity contribution in [2.75, 3.05) is 5.75 Å². The highest BCUT2D eigenvalue weighted by Gasteiger charge is 2.11. The Kier molecular flexibility index (Phi) is 6.72. The molecule has 0 unspecified atom stereocenters. The Morgan fingerprint density at radius 3 is 2.68 bits per heavy atom. The minimum absolute atomic E-state index is 0.184. The quantitative estimate of drug-likeness (QED) is 0.270. The second kappa shape index (κ2) is 9.23. The lowest BCUT2D eigenvalue weighted by Crippen LogP contribution is -2.19. The summed E-state index contributed by atoms with van der Waals surface area (Å²) in [7, 11) is 0. The molecule has 144 valence electrons. The van der Waals surface area contributed by atoms with Crippen molar-refractivity contribution in [3.05, 3.63) is 69.7 Å². The van der Waals surface area contributed by atoms with E-state index < -0.39 is 0 Å². The lowest BCUT2D eigenvalue weighted by atomic mass is 10.2. The normalized spacial score (nSPS) is 11.1. The number of rotatable bonds is 6. The van der Waals surface area contributed by atoms with Gasteiger partial charge in [-0.15, -0.1) is 0 Å². The Morgan fingerprint density at radius 2 is 1.96 bits per heavy atom. The number of hydrazone groups is 1. The summed E-state index contributed by atoms with van der Waals surface area (Å²) in [6.45, 7) is 3.96. The van der Waals surface area contributed by atoms with Crippen LogP contribution >= 0.6 is 35.0 Å². The molecule has 2 heterocycles. The SMILES string of the molecule is Cc1cc(/C=N\NC(=O)CSc2ncccn2)c(C)n1-c1ccc(Cl)c(Cl)c1. The molecule has 1 aromatic carbocycles. The zero-order valence-corrected chi connectivity index (χ0v) is 17.5. The van der Waals surface area contributed by atoms with Crippen LogP contribution in [0.2, 0.25) is 10.0 Å². The highest BCUT2D eigenvalue weighted by Crippen LogP contribution is 2.27. The van der Waals surface area contributed by atoms with E-state index in [0.717, 1.165) is 22.6 Å². The van der Waals surface area contributed by atoms with Crippen molar-refractivity contribution in [1.29, 1.82) is 0 Å². The van der Waals surface area contributed by atoms with Crippen molar-refractivity contribution >= 4 is 47.1 Å². The van der Waals surface area contributed by atoms with E-state index in [-0.39, 0.29) is 11.7 Å². The topological polar surface area (TPSA) is 72.2 Å². The predicted octanol–water partition coefficient (Wildman–Crippen LogP) is 4.43. The maximum absolute atomic E-state index is 11.9. The lowest BCUT2D eigenvalue weighted by molar-refractivity contribution is -0.118. The summed E-state index contributed by atoms with van der Waals surface area (Å²) in [4.78, 5) is 20.0. The maximum atomic E-state index is 11.9. The van der Waals surface area contributed by atoms with Crippen LogP contribution in [0.3, 0.4) is 0 Å². The first-order valence-corrected chi connectivity index (χ1v) is 10.1. The van der Waals surface area contributed by atoms with Crippen LogP contribution in [0, 0.1) is 13.8 Å². The molecule has 0 aliphatic rings. The highest BCUT2D eigenvalue weighted by atomic mass is 35.5. The van der Waals surface area contributed by atoms with Crippen molar-refractivity contribution in [2.24, 2.45) is 5.10 Å². The molecule has 1 N–H and O–H groups in total. The van der Waals surface area contributed by atoms with E-state index in [0.29, 0.717) is 15.2 Å². The number of benzene rings is 1. The monoisotopic (exact) mass is 433 g/mol. The molecule has 0 bridgehead atoms. The van der Waals surface area contributed by atoms with Gasteiger partial charge in [-0.3, -0.25) is 4.79 Å². The van der Waals surface area contributed by atoms with Gasteiger partial charge in [0.05, 0.1) is 22.0 Å². The summed E-state index contributed by atoms with van der Waals surface area (Å²) in [6, 6.07) is 9.19. The number of aryl methyl sites for hydroxylation is 1. The zero-order valence-electron chi connectivity index (χ0n) is 15.2. The van der Waals surface area contributed by atoms with E-state index in [1.165, 1.54) is 11.8 Å². The fourth-order valence-electron chi connectivity index (χ4n) is 2.64. The van der Waals surface area contributed by atoms with Crippen molar-refractivity contribution in [3.8, 4) is 5.69 Å². The largest absolute Gasteiger partial charge is 0.318 e. The summed E-state index contributed by atoms with van der Waals surface area (Å²) in [6.07, 6.45) is 4.89. The standard InChI is InChI=1S/C19H17Cl2N5OS/c1-12-8-14(13(2)26(12)15-4-5-16(20)17(21)9-15)10-24-25-18(27)11-28-19-22-6-3-7-23-19/h3-10H,11H2,1-2H3,(H,25,27)/b24-10-. The lowest BCUT2D eigenvalue weighted by Gasteiger charge is -2.10. The van der Waals surface area contributed by atoms with Gasteiger partial charge in [-0.1, -0.05) is 35.0 Å². The highest BCUT2D eigenvalue weighted by molar-refractivity contribution is 7.99. The molecule has 3 rings (SSSR count). The fourth-order valence-corrected chi connectivity index (χ4v) is 3.52. The molecule has 28 heavy (non-hydrogen) atoms. The number of halogens is 2. The molecule has 1 amide bonds. The number of hydrogen-bond donors (Lipinski definition) is 1. The summed E-state index contributed by atoms with van der Waals surface area (Å²) >= 11 is 13.4. The van der Waals surface area contributed by atoms with E-state index in [1.807, 2.05) is 36.6 Å². The van der Waals surface area contributed by atoms with Crippen LogP contribution in [0.1, 0.15) is 17.0 Å². The van der Waals surface area contributed by atoms with Crippen molar-refractivity contribution < 1.29 is 4.79 Å². The van der Waals surface area contributed by atoms with Crippen LogP contribution in [0.15, 0.2) is 53.0 Å². The third-order valence-electron chi connectivity index (χ3n) is 3.90. The van der Waals surface area contributed by atoms with Gasteiger partial charge in [0.25, 0.3) is 5.91 Å². The van der Waals surface area contributed by atoms with E-state index in [1.54, 1.807) is 30.7 Å². The Bertz CT molecular complexity index is 1020. The smallest absolute Gasteiger partial charge is 0.250 e. The molecule has 6 nitrogen and oxygen atoms in total. The van der Waals surface area contributed by atoms with Crippen LogP contribution in [0.5, 0.6) is 0 Å². The molecular formula is C19H17Cl2N5OS. The molecule has 0 aliphatic heterocycles. The van der Waals surface area contributed by atoms with E-state index in [4.69, 9.17) is 23.2 Å². The predicted molar refractivity (Wildman–Crippen MR) is 114 cm³/mol. The molecule has 9 heteroatoms. The van der Waals surface area contributed by atoms with Crippen LogP contribution < -0.4 is 5.43 Å². The second-order valence-electron chi connectivity index (χ2n) is 5.87. The van der Waals surface area contributed by atoms with Gasteiger partial charge in [-0.05, 0) is 44.2 Å². The second-order valence-corrected chi connectivity index (χ2v) is 7.63. The first kappa shape index (κ1) is 20.4. The number of thioether (sulfide) groups is 1. The molecule has 2 aromatic heterocycles. The maximum Gasteiger partial charge on any atom is 0.250 e. The average molecular weight is 434 g/mol. The van der Waals surface area contributed by atoms with Crippen molar-refractivity contribution in [2.45, 2.75) is 19.0 Å². The number of carbonyl (C=O) groups is 1. The number of carbonyl (C=O) groups excluding carboxylic acids is 1. The zero-order chi connectivity index (χ0) is 20.1. The van der Waals surface area contributed by atoms with E-state index >= 15 is 0 Å². The Balaban J connectivity index is 1.66. The fraction of sp³-hybridized carbons (Fsp3) is 0.158. The van der Waals surface area contributed by atoms with Crippen molar-refractivity contribution in [3.63, 3.8) is 0 Å². The van der Waals surface area contributed by atoms with Gasteiger partial charge in [0, 0.05) is 35.0 Å². The minimum Gasteiger partial charge on any atom is -0.318 e. The molecular weight excluding hydrogens is 417 g/mol. The van der Waals surface area contributed by atoms with Crippen molar-refractivity contribution in [1.82, 2.24) is 20.0 Å². The molecule has 0 radical (unpaired) electrons. The molecule has 0 spiro atoms. The molecule has 3 aromatic rings. The van der Waals surface area contributed by atoms with Crippen LogP contribution in [0.25, 0.3) is 5.69 Å². The summed E-state index contributed by atoms with van der Waals surface area (Å²) < 4.78 is 2.05. The number of hydrogen-bond acceptors (Lipinski definition) is 5.